The highest BCUT2D eigenvalue weighted by Gasteiger charge is 2.51. The van der Waals surface area contributed by atoms with Crippen molar-refractivity contribution < 1.29 is 81.4 Å². The number of β-lactam (4-membered cyclic amide) rings is 2. The Kier molecular flexibility index (Phi) is 27.3. The van der Waals surface area contributed by atoms with Crippen molar-refractivity contribution in [3.63, 3.8) is 0 Å². The Labute approximate surface area is 587 Å². The molecule has 6 amide bonds. The molecule has 0 spiro atoms. The SMILES string of the molecule is CSc1ccc(C(O)CS[C@H]2C(=O)N(c3ccc(F)cc3)[C@@H]2c2ccc(OCC(=O)NCC(=O)N[C@@H](C(=O)O)C(C)(C)C)cc2)cc1.Cc1ccc(CSC[C@@H](NC(=O)CNC(=O)COc2ccc([C@@H]3[C@@H](SCC(O)c4ccc(F)cc4)C(=O)N3c3ccc(F)cc3)cc2)C(=O)O)cc1. The van der Waals surface area contributed by atoms with Gasteiger partial charge in [-0.25, -0.2) is 22.8 Å². The molecule has 2 unspecified atom stereocenters. The summed E-state index contributed by atoms with van der Waals surface area (Å²) < 4.78 is 51.8. The summed E-state index contributed by atoms with van der Waals surface area (Å²) in [4.78, 5) is 103. The largest absolute Gasteiger partial charge is 0.484 e. The number of halogens is 3. The topological polar surface area (TPSA) is 291 Å². The fourth-order valence-corrected chi connectivity index (χ4v) is 14.3. The Balaban J connectivity index is 0.000000254. The number of benzene rings is 7. The van der Waals surface area contributed by atoms with E-state index in [1.165, 1.54) is 95.9 Å². The molecule has 7 aromatic carbocycles. The van der Waals surface area contributed by atoms with Crippen molar-refractivity contribution in [1.82, 2.24) is 21.3 Å². The van der Waals surface area contributed by atoms with Crippen molar-refractivity contribution >= 4 is 106 Å². The van der Waals surface area contributed by atoms with Crippen LogP contribution in [0.5, 0.6) is 11.5 Å². The molecule has 2 fully saturated rings. The molecular formula is C72H75F3N6O14S4. The lowest BCUT2D eigenvalue weighted by Gasteiger charge is -2.47. The summed E-state index contributed by atoms with van der Waals surface area (Å²) in [6.07, 6.45) is 0.276. The number of hydrogen-bond acceptors (Lipinski definition) is 16. The van der Waals surface area contributed by atoms with Crippen LogP contribution in [-0.4, -0.2) is 140 Å². The van der Waals surface area contributed by atoms with Crippen LogP contribution in [0.3, 0.4) is 0 Å². The third kappa shape index (κ3) is 21.5. The first-order chi connectivity index (χ1) is 47.3. The Morgan fingerprint density at radius 1 is 0.525 bits per heavy atom. The molecule has 8 N–H and O–H groups in total. The van der Waals surface area contributed by atoms with Gasteiger partial charge in [-0.1, -0.05) is 99.1 Å². The van der Waals surface area contributed by atoms with E-state index < -0.39 is 125 Å². The van der Waals surface area contributed by atoms with E-state index in [-0.39, 0.29) is 29.9 Å². The minimum Gasteiger partial charge on any atom is -0.484 e. The van der Waals surface area contributed by atoms with Gasteiger partial charge in [-0.05, 0) is 143 Å². The number of amides is 6. The first-order valence-corrected chi connectivity index (χ1v) is 35.6. The lowest BCUT2D eigenvalue weighted by Crippen LogP contribution is -2.57. The standard InChI is InChI=1S/C38H37F2N3O7S2.C34H38FN3O7S2/c1-23-2-4-24(5-3-23)20-51-21-31(38(48)49)42-33(45)18-41-34(46)19-50-30-16-8-26(9-17-30)35-36(37(47)43(35)29-14-12-28(40)13-15-29)52-22-32(44)25-6-10-27(39)11-7-25;1-34(2,3)31(33(43)44)37-27(40)17-36-28(41)18-45-24-13-5-21(6-14-24)29-30(32(42)38(29)23-11-9-22(35)10-12-23)47-19-26(39)20-7-15-25(46-4)16-8-20/h2-17,31-32,35-36,44H,18-22H2,1H3,(H,41,46)(H,42,45)(H,48,49);5-16,26,29-31,39H,17-19H2,1-4H3,(H,36,41)(H,37,40)(H,43,44)/t31-,32?,35-,36-;26?,29-,30-,31+/m11/s1. The monoisotopic (exact) mass is 1430 g/mol. The van der Waals surface area contributed by atoms with Crippen molar-refractivity contribution in [1.29, 1.82) is 0 Å². The second-order valence-electron chi connectivity index (χ2n) is 24.1. The second-order valence-corrected chi connectivity index (χ2v) is 28.3. The van der Waals surface area contributed by atoms with Gasteiger partial charge < -0.3 is 61.0 Å². The van der Waals surface area contributed by atoms with Gasteiger partial charge in [0.15, 0.2) is 13.2 Å². The van der Waals surface area contributed by atoms with E-state index in [4.69, 9.17) is 9.47 Å². The number of hydrogen-bond donors (Lipinski definition) is 8. The molecular weight excluding hydrogens is 1360 g/mol. The van der Waals surface area contributed by atoms with Gasteiger partial charge in [0, 0.05) is 39.3 Å². The molecule has 27 heteroatoms. The fourth-order valence-electron chi connectivity index (χ4n) is 10.3. The van der Waals surface area contributed by atoms with Gasteiger partial charge in [-0.3, -0.25) is 28.8 Å². The fraction of sp³-hybridized carbons (Fsp3) is 0.306. The molecule has 8 atom stereocenters. The van der Waals surface area contributed by atoms with Crippen molar-refractivity contribution in [2.24, 2.45) is 5.41 Å². The van der Waals surface area contributed by atoms with Crippen LogP contribution < -0.4 is 40.5 Å². The number of carbonyl (C=O) groups is 8. The highest BCUT2D eigenvalue weighted by Crippen LogP contribution is 2.48. The average molecular weight is 1430 g/mol. The smallest absolute Gasteiger partial charge is 0.327 e. The third-order valence-corrected chi connectivity index (χ3v) is 20.2. The van der Waals surface area contributed by atoms with Crippen LogP contribution in [-0.2, 0) is 44.1 Å². The van der Waals surface area contributed by atoms with Crippen LogP contribution in [0.2, 0.25) is 0 Å². The lowest BCUT2D eigenvalue weighted by molar-refractivity contribution is -0.145. The maximum absolute atomic E-state index is 13.7. The number of nitrogens with zero attached hydrogens (tertiary/aromatic N) is 2. The molecule has 2 aliphatic rings. The Bertz CT molecular complexity index is 3920. The number of aliphatic hydroxyl groups is 2. The zero-order chi connectivity index (χ0) is 71.5. The average Bonchev–Trinajstić information content (AvgIpc) is 0.748. The molecule has 2 saturated heterocycles. The predicted octanol–water partition coefficient (Wildman–Crippen LogP) is 9.78. The van der Waals surface area contributed by atoms with Crippen LogP contribution in [0.25, 0.3) is 0 Å². The number of ether oxygens (including phenoxy) is 2. The molecule has 0 bridgehead atoms. The molecule has 522 valence electrons. The highest BCUT2D eigenvalue weighted by atomic mass is 32.2. The number of aliphatic hydroxyl groups excluding tert-OH is 2. The van der Waals surface area contributed by atoms with Crippen LogP contribution in [0.4, 0.5) is 24.5 Å². The predicted molar refractivity (Wildman–Crippen MR) is 376 cm³/mol. The maximum Gasteiger partial charge on any atom is 0.327 e. The number of aryl methyl sites for hydroxylation is 1. The highest BCUT2D eigenvalue weighted by molar-refractivity contribution is 8.01. The summed E-state index contributed by atoms with van der Waals surface area (Å²) in [7, 11) is 0. The molecule has 0 radical (unpaired) electrons. The first kappa shape index (κ1) is 75.8. The second kappa shape index (κ2) is 35.7. The quantitative estimate of drug-likeness (QED) is 0.0148. The van der Waals surface area contributed by atoms with E-state index in [1.807, 2.05) is 61.7 Å². The summed E-state index contributed by atoms with van der Waals surface area (Å²) in [5.74, 6) is -4.54. The number of thioether (sulfide) groups is 4. The van der Waals surface area contributed by atoms with Crippen LogP contribution in [0, 0.1) is 29.8 Å². The summed E-state index contributed by atoms with van der Waals surface area (Å²) in [5.41, 5.74) is 5.29. The maximum atomic E-state index is 13.7. The van der Waals surface area contributed by atoms with E-state index in [0.29, 0.717) is 39.9 Å². The minimum atomic E-state index is -1.18. The zero-order valence-electron chi connectivity index (χ0n) is 54.5. The first-order valence-electron chi connectivity index (χ1n) is 31.1. The van der Waals surface area contributed by atoms with Crippen LogP contribution in [0.1, 0.15) is 78.4 Å². The number of aliphatic carboxylic acids is 2. The van der Waals surface area contributed by atoms with Gasteiger partial charge in [0.2, 0.25) is 23.6 Å². The normalized spacial score (nSPS) is 16.8. The molecule has 0 aromatic heterocycles. The summed E-state index contributed by atoms with van der Waals surface area (Å²) in [6.45, 7) is 5.39. The molecule has 2 aliphatic heterocycles. The van der Waals surface area contributed by atoms with E-state index in [0.717, 1.165) is 32.7 Å². The van der Waals surface area contributed by atoms with Crippen molar-refractivity contribution in [2.75, 3.05) is 59.6 Å². The van der Waals surface area contributed by atoms with Gasteiger partial charge in [0.1, 0.15) is 51.5 Å². The Morgan fingerprint density at radius 3 is 1.32 bits per heavy atom. The summed E-state index contributed by atoms with van der Waals surface area (Å²) in [6, 6.07) is 42.7. The van der Waals surface area contributed by atoms with Gasteiger partial charge in [-0.2, -0.15) is 11.8 Å². The lowest BCUT2D eigenvalue weighted by atomic mass is 9.87. The van der Waals surface area contributed by atoms with Crippen LogP contribution in [0.15, 0.2) is 175 Å². The number of nitrogens with one attached hydrogen (secondary N) is 4. The Morgan fingerprint density at radius 2 is 0.929 bits per heavy atom. The Hall–Kier alpha value is -8.99. The zero-order valence-corrected chi connectivity index (χ0v) is 57.7. The summed E-state index contributed by atoms with van der Waals surface area (Å²) >= 11 is 5.59. The molecule has 2 heterocycles. The molecule has 9 rings (SSSR count). The molecule has 20 nitrogen and oxygen atoms in total. The van der Waals surface area contributed by atoms with E-state index in [2.05, 4.69) is 21.3 Å². The van der Waals surface area contributed by atoms with Crippen molar-refractivity contribution in [2.45, 2.75) is 85.2 Å². The van der Waals surface area contributed by atoms with Gasteiger partial charge in [-0.15, -0.1) is 35.3 Å². The summed E-state index contributed by atoms with van der Waals surface area (Å²) in [5, 5.41) is 49.0. The molecule has 7 aromatic rings. The third-order valence-electron chi connectivity index (χ3n) is 15.7. The number of anilines is 2. The number of carboxylic acids is 2. The minimum absolute atomic E-state index is 0.149. The number of rotatable bonds is 31. The van der Waals surface area contributed by atoms with Crippen molar-refractivity contribution in [3.05, 3.63) is 221 Å². The molecule has 0 aliphatic carbocycles. The van der Waals surface area contributed by atoms with Gasteiger partial charge in [0.05, 0.1) is 37.4 Å². The van der Waals surface area contributed by atoms with Gasteiger partial charge in [0.25, 0.3) is 11.8 Å². The van der Waals surface area contributed by atoms with E-state index >= 15 is 0 Å². The van der Waals surface area contributed by atoms with Crippen molar-refractivity contribution in [3.8, 4) is 11.5 Å². The van der Waals surface area contributed by atoms with Gasteiger partial charge >= 0.3 is 11.9 Å². The number of carboxylic acid groups (broad SMARTS) is 2. The van der Waals surface area contributed by atoms with Crippen LogP contribution >= 0.6 is 47.0 Å². The van der Waals surface area contributed by atoms with E-state index in [1.54, 1.807) is 103 Å². The number of carbonyl (C=O) groups excluding carboxylic acids is 6. The van der Waals surface area contributed by atoms with E-state index in [9.17, 15) is 72.0 Å². The molecule has 0 saturated carbocycles. The molecule has 99 heavy (non-hydrogen) atoms.